The van der Waals surface area contributed by atoms with E-state index >= 15 is 0 Å². The molecule has 0 fully saturated rings. The minimum absolute atomic E-state index is 0.194. The molecule has 0 heterocycles. The summed E-state index contributed by atoms with van der Waals surface area (Å²) in [5, 5.41) is 0. The molecule has 0 radical (unpaired) electrons. The Labute approximate surface area is 118 Å². The normalized spacial score (nSPS) is 11.9. The van der Waals surface area contributed by atoms with Crippen LogP contribution >= 0.6 is 0 Å². The van der Waals surface area contributed by atoms with E-state index in [0.717, 1.165) is 11.1 Å². The first kappa shape index (κ1) is 14.2. The SMILES string of the molecule is C/C(=C(/F)C(=O)CCc1ccccc1)c1ccccc1. The van der Waals surface area contributed by atoms with Gasteiger partial charge in [-0.3, -0.25) is 4.79 Å². The maximum Gasteiger partial charge on any atom is 0.191 e. The van der Waals surface area contributed by atoms with Gasteiger partial charge in [-0.2, -0.15) is 0 Å². The van der Waals surface area contributed by atoms with Crippen LogP contribution < -0.4 is 0 Å². The fourth-order valence-corrected chi connectivity index (χ4v) is 2.04. The highest BCUT2D eigenvalue weighted by atomic mass is 19.1. The van der Waals surface area contributed by atoms with Crippen molar-refractivity contribution < 1.29 is 9.18 Å². The average molecular weight is 268 g/mol. The fourth-order valence-electron chi connectivity index (χ4n) is 2.04. The summed E-state index contributed by atoms with van der Waals surface area (Å²) in [7, 11) is 0. The minimum atomic E-state index is -0.632. The maximum atomic E-state index is 14.1. The van der Waals surface area contributed by atoms with Crippen LogP contribution in [0.2, 0.25) is 0 Å². The van der Waals surface area contributed by atoms with Gasteiger partial charge >= 0.3 is 0 Å². The topological polar surface area (TPSA) is 17.1 Å². The van der Waals surface area contributed by atoms with Crippen LogP contribution in [0.4, 0.5) is 4.39 Å². The molecule has 0 spiro atoms. The number of carbonyl (C=O) groups excluding carboxylic acids is 1. The Hall–Kier alpha value is -2.22. The van der Waals surface area contributed by atoms with Crippen molar-refractivity contribution in [3.05, 3.63) is 77.6 Å². The van der Waals surface area contributed by atoms with E-state index in [4.69, 9.17) is 0 Å². The summed E-state index contributed by atoms with van der Waals surface area (Å²) in [4.78, 5) is 11.9. The molecule has 0 aromatic heterocycles. The Bertz CT molecular complexity index is 600. The van der Waals surface area contributed by atoms with Gasteiger partial charge in [0.15, 0.2) is 11.6 Å². The molecular weight excluding hydrogens is 251 g/mol. The third-order valence-electron chi connectivity index (χ3n) is 3.26. The van der Waals surface area contributed by atoms with Gasteiger partial charge in [0.2, 0.25) is 0 Å². The maximum absolute atomic E-state index is 14.1. The van der Waals surface area contributed by atoms with Gasteiger partial charge in [0.25, 0.3) is 0 Å². The van der Waals surface area contributed by atoms with Crippen molar-refractivity contribution in [1.82, 2.24) is 0 Å². The zero-order valence-corrected chi connectivity index (χ0v) is 11.5. The van der Waals surface area contributed by atoms with Crippen LogP contribution in [-0.4, -0.2) is 5.78 Å². The van der Waals surface area contributed by atoms with Crippen LogP contribution in [0.25, 0.3) is 5.57 Å². The second-order valence-electron chi connectivity index (χ2n) is 4.71. The van der Waals surface area contributed by atoms with Crippen molar-refractivity contribution in [2.75, 3.05) is 0 Å². The highest BCUT2D eigenvalue weighted by Gasteiger charge is 2.13. The highest BCUT2D eigenvalue weighted by Crippen LogP contribution is 2.21. The summed E-state index contributed by atoms with van der Waals surface area (Å²) in [5.41, 5.74) is 2.20. The second kappa shape index (κ2) is 6.80. The number of carbonyl (C=O) groups is 1. The van der Waals surface area contributed by atoms with Crippen molar-refractivity contribution >= 4 is 11.4 Å². The first-order chi connectivity index (χ1) is 9.68. The van der Waals surface area contributed by atoms with Gasteiger partial charge < -0.3 is 0 Å². The van der Waals surface area contributed by atoms with E-state index in [1.54, 1.807) is 19.1 Å². The lowest BCUT2D eigenvalue weighted by Gasteiger charge is -2.05. The molecule has 0 N–H and O–H groups in total. The Morgan fingerprint density at radius 2 is 1.50 bits per heavy atom. The van der Waals surface area contributed by atoms with Gasteiger partial charge in [-0.25, -0.2) is 4.39 Å². The molecule has 2 rings (SSSR count). The van der Waals surface area contributed by atoms with E-state index in [2.05, 4.69) is 0 Å². The molecule has 2 aromatic rings. The zero-order valence-electron chi connectivity index (χ0n) is 11.5. The largest absolute Gasteiger partial charge is 0.292 e. The standard InChI is InChI=1S/C18H17FO/c1-14(16-10-6-3-7-11-16)18(19)17(20)13-12-15-8-4-2-5-9-15/h2-11H,12-13H2,1H3/b18-14-. The zero-order chi connectivity index (χ0) is 14.4. The lowest BCUT2D eigenvalue weighted by atomic mass is 10.0. The average Bonchev–Trinajstić information content (AvgIpc) is 2.53. The smallest absolute Gasteiger partial charge is 0.191 e. The number of rotatable bonds is 5. The van der Waals surface area contributed by atoms with E-state index in [1.165, 1.54) is 0 Å². The second-order valence-corrected chi connectivity index (χ2v) is 4.71. The van der Waals surface area contributed by atoms with Gasteiger partial charge in [-0.05, 0) is 30.0 Å². The van der Waals surface area contributed by atoms with Crippen molar-refractivity contribution in [2.45, 2.75) is 19.8 Å². The van der Waals surface area contributed by atoms with Gasteiger partial charge in [0.05, 0.1) is 0 Å². The van der Waals surface area contributed by atoms with Crippen molar-refractivity contribution in [3.63, 3.8) is 0 Å². The third-order valence-corrected chi connectivity index (χ3v) is 3.26. The molecule has 0 aliphatic rings. The lowest BCUT2D eigenvalue weighted by molar-refractivity contribution is -0.116. The van der Waals surface area contributed by atoms with Crippen LogP contribution in [-0.2, 0) is 11.2 Å². The molecule has 0 aliphatic carbocycles. The van der Waals surface area contributed by atoms with Crippen molar-refractivity contribution in [1.29, 1.82) is 0 Å². The number of benzene rings is 2. The van der Waals surface area contributed by atoms with Crippen LogP contribution in [0.1, 0.15) is 24.5 Å². The molecule has 1 nitrogen and oxygen atoms in total. The summed E-state index contributed by atoms with van der Waals surface area (Å²) < 4.78 is 14.1. The summed E-state index contributed by atoms with van der Waals surface area (Å²) in [6.07, 6.45) is 0.759. The number of hydrogen-bond donors (Lipinski definition) is 0. The number of halogens is 1. The third kappa shape index (κ3) is 3.64. The van der Waals surface area contributed by atoms with E-state index in [-0.39, 0.29) is 6.42 Å². The van der Waals surface area contributed by atoms with E-state index in [1.807, 2.05) is 48.5 Å². The van der Waals surface area contributed by atoms with Crippen molar-refractivity contribution in [2.24, 2.45) is 0 Å². The first-order valence-electron chi connectivity index (χ1n) is 6.67. The van der Waals surface area contributed by atoms with Crippen LogP contribution in [0, 0.1) is 0 Å². The van der Waals surface area contributed by atoms with Gasteiger partial charge in [0.1, 0.15) is 0 Å². The number of hydrogen-bond acceptors (Lipinski definition) is 1. The quantitative estimate of drug-likeness (QED) is 0.725. The first-order valence-corrected chi connectivity index (χ1v) is 6.67. The molecule has 2 heteroatoms. The molecular formula is C18H17FO. The molecule has 0 bridgehead atoms. The minimum Gasteiger partial charge on any atom is -0.292 e. The predicted molar refractivity (Wildman–Crippen MR) is 79.9 cm³/mol. The molecule has 0 saturated carbocycles. The molecule has 0 saturated heterocycles. The van der Waals surface area contributed by atoms with Gasteiger partial charge in [-0.15, -0.1) is 0 Å². The molecule has 20 heavy (non-hydrogen) atoms. The summed E-state index contributed by atoms with van der Waals surface area (Å²) in [6.45, 7) is 1.64. The molecule has 0 unspecified atom stereocenters. The number of allylic oxidation sites excluding steroid dienone is 2. The molecule has 2 aromatic carbocycles. The number of aryl methyl sites for hydroxylation is 1. The highest BCUT2D eigenvalue weighted by molar-refractivity contribution is 6.00. The van der Waals surface area contributed by atoms with Gasteiger partial charge in [0, 0.05) is 6.42 Å². The lowest BCUT2D eigenvalue weighted by Crippen LogP contribution is -2.02. The fraction of sp³-hybridized carbons (Fsp3) is 0.167. The van der Waals surface area contributed by atoms with E-state index in [0.29, 0.717) is 12.0 Å². The Balaban J connectivity index is 2.05. The van der Waals surface area contributed by atoms with Crippen LogP contribution in [0.5, 0.6) is 0 Å². The molecule has 0 amide bonds. The number of ketones is 1. The monoisotopic (exact) mass is 268 g/mol. The van der Waals surface area contributed by atoms with E-state index < -0.39 is 11.6 Å². The Morgan fingerprint density at radius 3 is 2.10 bits per heavy atom. The Morgan fingerprint density at radius 1 is 0.950 bits per heavy atom. The number of Topliss-reactive ketones (excluding diaryl/α,β-unsaturated/α-hetero) is 1. The molecule has 0 aliphatic heterocycles. The summed E-state index contributed by atoms with van der Waals surface area (Å²) >= 11 is 0. The Kier molecular flexibility index (Phi) is 4.83. The summed E-state index contributed by atoms with van der Waals surface area (Å²) in [5.74, 6) is -1.07. The molecule has 0 atom stereocenters. The van der Waals surface area contributed by atoms with Crippen LogP contribution in [0.3, 0.4) is 0 Å². The summed E-state index contributed by atoms with van der Waals surface area (Å²) in [6, 6.07) is 18.8. The predicted octanol–water partition coefficient (Wildman–Crippen LogP) is 4.59. The van der Waals surface area contributed by atoms with Crippen molar-refractivity contribution in [3.8, 4) is 0 Å². The van der Waals surface area contributed by atoms with Crippen LogP contribution in [0.15, 0.2) is 66.5 Å². The van der Waals surface area contributed by atoms with E-state index in [9.17, 15) is 9.18 Å². The molecule has 102 valence electrons. The van der Waals surface area contributed by atoms with Gasteiger partial charge in [-0.1, -0.05) is 60.7 Å².